The van der Waals surface area contributed by atoms with E-state index in [4.69, 9.17) is 0 Å². The van der Waals surface area contributed by atoms with Crippen molar-refractivity contribution in [2.75, 3.05) is 22.8 Å². The van der Waals surface area contributed by atoms with Gasteiger partial charge in [-0.15, -0.1) is 0 Å². The van der Waals surface area contributed by atoms with E-state index in [9.17, 15) is 13.2 Å². The van der Waals surface area contributed by atoms with Crippen LogP contribution in [0.1, 0.15) is 19.3 Å². The third kappa shape index (κ3) is 4.41. The highest BCUT2D eigenvalue weighted by molar-refractivity contribution is 7.92. The Bertz CT molecular complexity index is 586. The van der Waals surface area contributed by atoms with Gasteiger partial charge in [0, 0.05) is 12.2 Å². The first kappa shape index (κ1) is 14.6. The van der Waals surface area contributed by atoms with Crippen molar-refractivity contribution in [3.63, 3.8) is 0 Å². The summed E-state index contributed by atoms with van der Waals surface area (Å²) in [7, 11) is -3.30. The minimum atomic E-state index is -3.30. The molecule has 6 nitrogen and oxygen atoms in total. The maximum atomic E-state index is 11.8. The molecule has 0 spiro atoms. The highest BCUT2D eigenvalue weighted by Gasteiger charge is 2.20. The number of rotatable bonds is 4. The molecule has 1 aromatic carbocycles. The fourth-order valence-electron chi connectivity index (χ4n) is 2.16. The minimum absolute atomic E-state index is 0.0102. The topological polar surface area (TPSA) is 87.3 Å². The van der Waals surface area contributed by atoms with Crippen LogP contribution in [0.5, 0.6) is 0 Å². The maximum absolute atomic E-state index is 11.8. The molecule has 1 amide bonds. The highest BCUT2D eigenvalue weighted by Crippen LogP contribution is 2.18. The molecule has 20 heavy (non-hydrogen) atoms. The zero-order chi connectivity index (χ0) is 14.6. The zero-order valence-electron chi connectivity index (χ0n) is 11.3. The number of benzene rings is 1. The summed E-state index contributed by atoms with van der Waals surface area (Å²) in [5, 5.41) is 6.00. The summed E-state index contributed by atoms with van der Waals surface area (Å²) in [4.78, 5) is 11.8. The first-order chi connectivity index (χ1) is 9.44. The summed E-state index contributed by atoms with van der Waals surface area (Å²) in [6.07, 6.45) is 3.85. The molecule has 2 rings (SSSR count). The van der Waals surface area contributed by atoms with Crippen molar-refractivity contribution in [1.82, 2.24) is 5.32 Å². The first-order valence-corrected chi connectivity index (χ1v) is 8.45. The molecular formula is C13H19N3O3S. The van der Waals surface area contributed by atoms with Crippen LogP contribution in [0.4, 0.5) is 11.4 Å². The molecule has 1 fully saturated rings. The molecule has 0 radical (unpaired) electrons. The van der Waals surface area contributed by atoms with Crippen LogP contribution in [0.3, 0.4) is 0 Å². The van der Waals surface area contributed by atoms with Gasteiger partial charge >= 0.3 is 0 Å². The largest absolute Gasteiger partial charge is 0.374 e. The average Bonchev–Trinajstić information content (AvgIpc) is 2.53. The Labute approximate surface area is 119 Å². The van der Waals surface area contributed by atoms with Gasteiger partial charge in [-0.05, 0) is 37.5 Å². The van der Waals surface area contributed by atoms with Gasteiger partial charge in [-0.1, -0.05) is 6.07 Å². The van der Waals surface area contributed by atoms with E-state index in [0.717, 1.165) is 31.2 Å². The lowest BCUT2D eigenvalue weighted by Crippen LogP contribution is -2.37. The smallest absolute Gasteiger partial charge is 0.242 e. The summed E-state index contributed by atoms with van der Waals surface area (Å²) < 4.78 is 24.8. The highest BCUT2D eigenvalue weighted by atomic mass is 32.2. The second kappa shape index (κ2) is 6.13. The number of hydrogen-bond donors (Lipinski definition) is 3. The van der Waals surface area contributed by atoms with Crippen LogP contribution in [-0.4, -0.2) is 33.2 Å². The van der Waals surface area contributed by atoms with Gasteiger partial charge in [0.2, 0.25) is 15.9 Å². The van der Waals surface area contributed by atoms with Gasteiger partial charge < -0.3 is 10.6 Å². The Hall–Kier alpha value is -1.76. The van der Waals surface area contributed by atoms with Crippen molar-refractivity contribution in [3.05, 3.63) is 24.3 Å². The number of carbonyl (C=O) groups is 1. The van der Waals surface area contributed by atoms with Gasteiger partial charge in [0.05, 0.1) is 11.9 Å². The molecule has 1 aromatic rings. The summed E-state index contributed by atoms with van der Waals surface area (Å²) >= 11 is 0. The molecule has 0 aromatic heterocycles. The van der Waals surface area contributed by atoms with Crippen LogP contribution in [0, 0.1) is 0 Å². The number of nitrogens with one attached hydrogen (secondary N) is 3. The molecule has 0 saturated carbocycles. The first-order valence-electron chi connectivity index (χ1n) is 6.56. The molecule has 1 heterocycles. The van der Waals surface area contributed by atoms with E-state index in [1.165, 1.54) is 0 Å². The number of sulfonamides is 1. The van der Waals surface area contributed by atoms with E-state index < -0.39 is 10.0 Å². The van der Waals surface area contributed by atoms with Crippen molar-refractivity contribution < 1.29 is 13.2 Å². The normalized spacial score (nSPS) is 19.9. The molecule has 110 valence electrons. The lowest BCUT2D eigenvalue weighted by Gasteiger charge is -2.17. The summed E-state index contributed by atoms with van der Waals surface area (Å²) in [6.45, 7) is 0.715. The van der Waals surface area contributed by atoms with E-state index in [1.807, 2.05) is 6.07 Å². The van der Waals surface area contributed by atoms with Crippen molar-refractivity contribution >= 4 is 27.3 Å². The van der Waals surface area contributed by atoms with Gasteiger partial charge in [-0.2, -0.15) is 0 Å². The van der Waals surface area contributed by atoms with Crippen molar-refractivity contribution in [1.29, 1.82) is 0 Å². The third-order valence-corrected chi connectivity index (χ3v) is 3.65. The molecule has 0 unspecified atom stereocenters. The second-order valence-electron chi connectivity index (χ2n) is 4.94. The molecule has 1 aliphatic heterocycles. The van der Waals surface area contributed by atoms with Gasteiger partial charge in [0.15, 0.2) is 0 Å². The van der Waals surface area contributed by atoms with E-state index in [0.29, 0.717) is 12.2 Å². The molecule has 0 aliphatic carbocycles. The van der Waals surface area contributed by atoms with Crippen molar-refractivity contribution in [2.24, 2.45) is 0 Å². The molecule has 3 N–H and O–H groups in total. The van der Waals surface area contributed by atoms with E-state index in [2.05, 4.69) is 15.4 Å². The van der Waals surface area contributed by atoms with E-state index in [1.54, 1.807) is 18.2 Å². The molecule has 1 saturated heterocycles. The van der Waals surface area contributed by atoms with E-state index >= 15 is 0 Å². The molecule has 1 aliphatic rings. The van der Waals surface area contributed by atoms with Crippen LogP contribution >= 0.6 is 0 Å². The summed E-state index contributed by atoms with van der Waals surface area (Å²) in [6, 6.07) is 6.63. The molecular weight excluding hydrogens is 278 g/mol. The van der Waals surface area contributed by atoms with Crippen molar-refractivity contribution in [3.8, 4) is 0 Å². The van der Waals surface area contributed by atoms with Crippen molar-refractivity contribution in [2.45, 2.75) is 25.3 Å². The van der Waals surface area contributed by atoms with Crippen LogP contribution in [-0.2, 0) is 14.8 Å². The molecule has 7 heteroatoms. The van der Waals surface area contributed by atoms with Crippen LogP contribution in [0.25, 0.3) is 0 Å². The molecule has 1 atom stereocenters. The van der Waals surface area contributed by atoms with Gasteiger partial charge in [0.25, 0.3) is 0 Å². The van der Waals surface area contributed by atoms with Gasteiger partial charge in [-0.25, -0.2) is 8.42 Å². The lowest BCUT2D eigenvalue weighted by atomic mass is 10.1. The third-order valence-electron chi connectivity index (χ3n) is 3.04. The second-order valence-corrected chi connectivity index (χ2v) is 6.69. The standard InChI is InChI=1S/C13H19N3O3S/c1-20(18,19)16-11-6-4-5-10(9-11)15-12-7-2-3-8-14-13(12)17/h4-6,9,12,15-16H,2-3,7-8H2,1H3,(H,14,17)/t12-/m0/s1. The van der Waals surface area contributed by atoms with Gasteiger partial charge in [-0.3, -0.25) is 9.52 Å². The van der Waals surface area contributed by atoms with E-state index in [-0.39, 0.29) is 11.9 Å². The van der Waals surface area contributed by atoms with Gasteiger partial charge in [0.1, 0.15) is 6.04 Å². The monoisotopic (exact) mass is 297 g/mol. The molecule has 0 bridgehead atoms. The Morgan fingerprint density at radius 2 is 2.00 bits per heavy atom. The predicted molar refractivity (Wildman–Crippen MR) is 79.2 cm³/mol. The predicted octanol–water partition coefficient (Wildman–Crippen LogP) is 1.14. The van der Waals surface area contributed by atoms with Crippen LogP contribution in [0.2, 0.25) is 0 Å². The Kier molecular flexibility index (Phi) is 4.49. The number of hydrogen-bond acceptors (Lipinski definition) is 4. The fraction of sp³-hybridized carbons (Fsp3) is 0.462. The number of anilines is 2. The lowest BCUT2D eigenvalue weighted by molar-refractivity contribution is -0.121. The summed E-state index contributed by atoms with van der Waals surface area (Å²) in [5.74, 6) is -0.0102. The Morgan fingerprint density at radius 1 is 1.25 bits per heavy atom. The summed E-state index contributed by atoms with van der Waals surface area (Å²) in [5.41, 5.74) is 1.20. The average molecular weight is 297 g/mol. The number of amides is 1. The van der Waals surface area contributed by atoms with Crippen LogP contribution in [0.15, 0.2) is 24.3 Å². The maximum Gasteiger partial charge on any atom is 0.242 e. The Balaban J connectivity index is 2.09. The number of carbonyl (C=O) groups excluding carboxylic acids is 1. The van der Waals surface area contributed by atoms with Crippen LogP contribution < -0.4 is 15.4 Å². The quantitative estimate of drug-likeness (QED) is 0.777. The minimum Gasteiger partial charge on any atom is -0.374 e. The zero-order valence-corrected chi connectivity index (χ0v) is 12.2. The Morgan fingerprint density at radius 3 is 2.75 bits per heavy atom. The fourth-order valence-corrected chi connectivity index (χ4v) is 2.72. The SMILES string of the molecule is CS(=O)(=O)Nc1cccc(N[C@H]2CCCCNC2=O)c1.